The normalized spacial score (nSPS) is 20.4. The molecule has 21 heavy (non-hydrogen) atoms. The van der Waals surface area contributed by atoms with Crippen LogP contribution in [0.3, 0.4) is 0 Å². The Bertz CT molecular complexity index is 626. The van der Waals surface area contributed by atoms with Gasteiger partial charge in [0, 0.05) is 25.4 Å². The number of thiophene rings is 1. The molecule has 0 spiro atoms. The summed E-state index contributed by atoms with van der Waals surface area (Å²) in [6.07, 6.45) is 3.25. The first kappa shape index (κ1) is 16.2. The van der Waals surface area contributed by atoms with Crippen molar-refractivity contribution in [1.82, 2.24) is 4.90 Å². The number of hydrogen-bond acceptors (Lipinski definition) is 7. The summed E-state index contributed by atoms with van der Waals surface area (Å²) >= 11 is 0.930. The quantitative estimate of drug-likeness (QED) is 0.652. The van der Waals surface area contributed by atoms with Gasteiger partial charge in [-0.1, -0.05) is 11.3 Å². The summed E-state index contributed by atoms with van der Waals surface area (Å²) in [6.45, 7) is 2.65. The predicted octanol–water partition coefficient (Wildman–Crippen LogP) is 1.81. The van der Waals surface area contributed by atoms with E-state index in [9.17, 15) is 18.5 Å². The zero-order chi connectivity index (χ0) is 15.6. The van der Waals surface area contributed by atoms with Crippen LogP contribution in [-0.2, 0) is 9.84 Å². The minimum absolute atomic E-state index is 0.0254. The average molecular weight is 333 g/mol. The highest BCUT2D eigenvalue weighted by atomic mass is 32.2. The Kier molecular flexibility index (Phi) is 4.84. The monoisotopic (exact) mass is 333 g/mol. The van der Waals surface area contributed by atoms with Crippen LogP contribution in [0.15, 0.2) is 10.3 Å². The highest BCUT2D eigenvalue weighted by molar-refractivity contribution is 7.92. The van der Waals surface area contributed by atoms with Gasteiger partial charge >= 0.3 is 5.69 Å². The lowest BCUT2D eigenvalue weighted by molar-refractivity contribution is -0.383. The van der Waals surface area contributed by atoms with Crippen LogP contribution in [0, 0.1) is 16.0 Å². The van der Waals surface area contributed by atoms with Gasteiger partial charge in [-0.15, -0.1) is 0 Å². The van der Waals surface area contributed by atoms with Crippen LogP contribution in [0.5, 0.6) is 0 Å². The standard InChI is InChI=1S/C12H19N3O4S2/c1-14-5-3-4-9(8-14)7-13-12-10(15(16)17)6-11(20-12)21(2,18)19/h6,9,13H,3-5,7-8H2,1-2H3. The van der Waals surface area contributed by atoms with Crippen molar-refractivity contribution in [2.45, 2.75) is 17.1 Å². The number of nitrogens with zero attached hydrogens (tertiary/aromatic N) is 2. The Morgan fingerprint density at radius 3 is 2.86 bits per heavy atom. The van der Waals surface area contributed by atoms with Gasteiger partial charge in [0.05, 0.1) is 4.92 Å². The minimum Gasteiger partial charge on any atom is -0.371 e. The number of sulfone groups is 1. The number of nitrogens with one attached hydrogen (secondary N) is 1. The molecule has 0 bridgehead atoms. The third-order valence-corrected chi connectivity index (χ3v) is 6.41. The van der Waals surface area contributed by atoms with E-state index in [1.54, 1.807) is 0 Å². The molecule has 0 aliphatic carbocycles. The van der Waals surface area contributed by atoms with Crippen molar-refractivity contribution in [3.8, 4) is 0 Å². The van der Waals surface area contributed by atoms with E-state index >= 15 is 0 Å². The third kappa shape index (κ3) is 4.14. The summed E-state index contributed by atoms with van der Waals surface area (Å²) in [5, 5.41) is 14.4. The van der Waals surface area contributed by atoms with Crippen molar-refractivity contribution in [3.05, 3.63) is 16.2 Å². The van der Waals surface area contributed by atoms with Gasteiger partial charge in [-0.3, -0.25) is 10.1 Å². The van der Waals surface area contributed by atoms with E-state index < -0.39 is 14.8 Å². The molecule has 1 aliphatic heterocycles. The van der Waals surface area contributed by atoms with Crippen molar-refractivity contribution in [2.24, 2.45) is 5.92 Å². The van der Waals surface area contributed by atoms with Crippen molar-refractivity contribution in [2.75, 3.05) is 38.3 Å². The Labute approximate surface area is 128 Å². The van der Waals surface area contributed by atoms with Crippen LogP contribution in [0.2, 0.25) is 0 Å². The molecule has 1 fully saturated rings. The van der Waals surface area contributed by atoms with Crippen LogP contribution >= 0.6 is 11.3 Å². The van der Waals surface area contributed by atoms with E-state index in [-0.39, 0.29) is 9.90 Å². The second kappa shape index (κ2) is 6.29. The lowest BCUT2D eigenvalue weighted by atomic mass is 9.98. The lowest BCUT2D eigenvalue weighted by Gasteiger charge is -2.29. The zero-order valence-electron chi connectivity index (χ0n) is 12.0. The number of hydrogen-bond donors (Lipinski definition) is 1. The summed E-state index contributed by atoms with van der Waals surface area (Å²) in [5.74, 6) is 0.423. The SMILES string of the molecule is CN1CCCC(CNc2sc(S(C)(=O)=O)cc2[N+](=O)[O-])C1. The van der Waals surface area contributed by atoms with Crippen molar-refractivity contribution in [1.29, 1.82) is 0 Å². The Morgan fingerprint density at radius 1 is 1.57 bits per heavy atom. The maximum absolute atomic E-state index is 11.5. The van der Waals surface area contributed by atoms with Crippen LogP contribution in [0.25, 0.3) is 0 Å². The molecule has 1 unspecified atom stereocenters. The van der Waals surface area contributed by atoms with Crippen LogP contribution in [-0.4, -0.2) is 51.2 Å². The Balaban J connectivity index is 2.11. The maximum Gasteiger partial charge on any atom is 0.304 e. The average Bonchev–Trinajstić information content (AvgIpc) is 2.80. The number of piperidine rings is 1. The molecule has 1 aromatic heterocycles. The molecule has 2 heterocycles. The summed E-state index contributed by atoms with van der Waals surface area (Å²) < 4.78 is 23.1. The van der Waals surface area contributed by atoms with Gasteiger partial charge in [-0.25, -0.2) is 8.42 Å². The first-order chi connectivity index (χ1) is 9.77. The number of likely N-dealkylation sites (tertiary alicyclic amines) is 1. The number of nitro groups is 1. The van der Waals surface area contributed by atoms with E-state index in [1.165, 1.54) is 0 Å². The van der Waals surface area contributed by atoms with E-state index in [0.29, 0.717) is 17.5 Å². The molecule has 1 saturated heterocycles. The minimum atomic E-state index is -3.42. The second-order valence-electron chi connectivity index (χ2n) is 5.46. The van der Waals surface area contributed by atoms with Gasteiger partial charge in [-0.05, 0) is 32.4 Å². The van der Waals surface area contributed by atoms with E-state index in [4.69, 9.17) is 0 Å². The van der Waals surface area contributed by atoms with Gasteiger partial charge < -0.3 is 10.2 Å². The van der Waals surface area contributed by atoms with Crippen LogP contribution in [0.4, 0.5) is 10.7 Å². The Morgan fingerprint density at radius 2 is 2.29 bits per heavy atom. The van der Waals surface area contributed by atoms with Gasteiger partial charge in [0.15, 0.2) is 14.8 Å². The van der Waals surface area contributed by atoms with Crippen molar-refractivity contribution < 1.29 is 13.3 Å². The fourth-order valence-electron chi connectivity index (χ4n) is 2.48. The maximum atomic E-state index is 11.5. The van der Waals surface area contributed by atoms with E-state index in [0.717, 1.165) is 49.6 Å². The number of rotatable bonds is 5. The highest BCUT2D eigenvalue weighted by Gasteiger charge is 2.25. The molecule has 0 radical (unpaired) electrons. The first-order valence-electron chi connectivity index (χ1n) is 6.68. The van der Waals surface area contributed by atoms with Crippen LogP contribution < -0.4 is 5.32 Å². The fourth-order valence-corrected chi connectivity index (χ4v) is 4.43. The molecule has 118 valence electrons. The molecule has 1 N–H and O–H groups in total. The highest BCUT2D eigenvalue weighted by Crippen LogP contribution is 2.37. The van der Waals surface area contributed by atoms with Crippen molar-refractivity contribution in [3.63, 3.8) is 0 Å². The van der Waals surface area contributed by atoms with E-state index in [1.807, 2.05) is 0 Å². The summed E-state index contributed by atoms with van der Waals surface area (Å²) in [4.78, 5) is 12.7. The predicted molar refractivity (Wildman–Crippen MR) is 82.8 cm³/mol. The molecule has 0 saturated carbocycles. The number of anilines is 1. The molecular formula is C12H19N3O4S2. The zero-order valence-corrected chi connectivity index (χ0v) is 13.7. The molecule has 1 aromatic rings. The molecular weight excluding hydrogens is 314 g/mol. The van der Waals surface area contributed by atoms with Gasteiger partial charge in [-0.2, -0.15) is 0 Å². The Hall–Kier alpha value is -1.19. The second-order valence-corrected chi connectivity index (χ2v) is 8.76. The fraction of sp³-hybridized carbons (Fsp3) is 0.667. The molecule has 1 aliphatic rings. The first-order valence-corrected chi connectivity index (χ1v) is 9.39. The molecule has 0 aromatic carbocycles. The summed E-state index contributed by atoms with van der Waals surface area (Å²) in [7, 11) is -1.37. The van der Waals surface area contributed by atoms with E-state index in [2.05, 4.69) is 17.3 Å². The topological polar surface area (TPSA) is 92.6 Å². The third-order valence-electron chi connectivity index (χ3n) is 3.53. The smallest absolute Gasteiger partial charge is 0.304 e. The van der Waals surface area contributed by atoms with Gasteiger partial charge in [0.1, 0.15) is 4.21 Å². The molecule has 2 rings (SSSR count). The molecule has 0 amide bonds. The largest absolute Gasteiger partial charge is 0.371 e. The summed E-state index contributed by atoms with van der Waals surface area (Å²) in [5.41, 5.74) is -0.162. The van der Waals surface area contributed by atoms with Crippen molar-refractivity contribution >= 4 is 31.9 Å². The van der Waals surface area contributed by atoms with Crippen LogP contribution in [0.1, 0.15) is 12.8 Å². The van der Waals surface area contributed by atoms with Gasteiger partial charge in [0.2, 0.25) is 0 Å². The molecule has 1 atom stereocenters. The lowest BCUT2D eigenvalue weighted by Crippen LogP contribution is -2.35. The molecule has 9 heteroatoms. The van der Waals surface area contributed by atoms with Gasteiger partial charge in [0.25, 0.3) is 0 Å². The molecule has 7 nitrogen and oxygen atoms in total. The summed E-state index contributed by atoms with van der Waals surface area (Å²) in [6, 6.07) is 1.13.